The van der Waals surface area contributed by atoms with Gasteiger partial charge in [-0.3, -0.25) is 4.79 Å². The van der Waals surface area contributed by atoms with E-state index in [1.165, 1.54) is 13.0 Å². The number of carbonyl (C=O) groups excluding carboxylic acids is 1. The van der Waals surface area contributed by atoms with Gasteiger partial charge >= 0.3 is 0 Å². The van der Waals surface area contributed by atoms with Crippen LogP contribution in [0.3, 0.4) is 0 Å². The summed E-state index contributed by atoms with van der Waals surface area (Å²) in [5, 5.41) is -0.446. The summed E-state index contributed by atoms with van der Waals surface area (Å²) >= 11 is 11.4. The molecule has 14 heavy (non-hydrogen) atoms. The number of hydrogen-bond acceptors (Lipinski definition) is 1. The SMILES string of the molecule is CC(Cl)C(=O)c1c(Cl)cccc1CF. The summed E-state index contributed by atoms with van der Waals surface area (Å²) in [6.45, 7) is 0.820. The monoisotopic (exact) mass is 234 g/mol. The van der Waals surface area contributed by atoms with Gasteiger partial charge in [0.1, 0.15) is 6.67 Å². The maximum atomic E-state index is 12.5. The van der Waals surface area contributed by atoms with E-state index < -0.39 is 12.1 Å². The third kappa shape index (κ3) is 2.25. The molecule has 0 N–H and O–H groups in total. The highest BCUT2D eigenvalue weighted by Gasteiger charge is 2.19. The van der Waals surface area contributed by atoms with Gasteiger partial charge in [0.2, 0.25) is 0 Å². The minimum Gasteiger partial charge on any atom is -0.292 e. The first-order valence-electron chi connectivity index (χ1n) is 4.09. The van der Waals surface area contributed by atoms with Crippen molar-refractivity contribution in [3.05, 3.63) is 34.3 Å². The number of ketones is 1. The fraction of sp³-hybridized carbons (Fsp3) is 0.300. The predicted molar refractivity (Wildman–Crippen MR) is 55.9 cm³/mol. The Morgan fingerprint density at radius 2 is 2.21 bits per heavy atom. The second kappa shape index (κ2) is 4.76. The Morgan fingerprint density at radius 1 is 1.57 bits per heavy atom. The molecule has 1 nitrogen and oxygen atoms in total. The van der Waals surface area contributed by atoms with E-state index in [4.69, 9.17) is 23.2 Å². The highest BCUT2D eigenvalue weighted by Crippen LogP contribution is 2.23. The lowest BCUT2D eigenvalue weighted by atomic mass is 10.0. The number of rotatable bonds is 3. The molecule has 0 radical (unpaired) electrons. The first kappa shape index (κ1) is 11.5. The summed E-state index contributed by atoms with van der Waals surface area (Å²) in [5.41, 5.74) is 0.481. The largest absolute Gasteiger partial charge is 0.292 e. The van der Waals surface area contributed by atoms with Crippen molar-refractivity contribution in [3.63, 3.8) is 0 Å². The molecular weight excluding hydrogens is 226 g/mol. The van der Waals surface area contributed by atoms with E-state index in [0.717, 1.165) is 0 Å². The molecule has 0 aliphatic rings. The molecule has 0 spiro atoms. The molecule has 0 aliphatic carbocycles. The second-order valence-corrected chi connectivity index (χ2v) is 3.95. The number of halogens is 3. The van der Waals surface area contributed by atoms with Crippen LogP contribution in [0.25, 0.3) is 0 Å². The molecule has 1 rings (SSSR count). The lowest BCUT2D eigenvalue weighted by Crippen LogP contribution is -2.13. The number of Topliss-reactive ketones (excluding diaryl/α,β-unsaturated/α-hetero) is 1. The molecule has 0 bridgehead atoms. The molecule has 1 aromatic rings. The van der Waals surface area contributed by atoms with E-state index in [9.17, 15) is 9.18 Å². The smallest absolute Gasteiger partial charge is 0.182 e. The van der Waals surface area contributed by atoms with Gasteiger partial charge in [-0.05, 0) is 18.6 Å². The predicted octanol–water partition coefficient (Wildman–Crippen LogP) is 3.62. The van der Waals surface area contributed by atoms with Crippen molar-refractivity contribution in [3.8, 4) is 0 Å². The van der Waals surface area contributed by atoms with Gasteiger partial charge in [-0.2, -0.15) is 0 Å². The van der Waals surface area contributed by atoms with Crippen LogP contribution in [-0.2, 0) is 6.67 Å². The van der Waals surface area contributed by atoms with Crippen LogP contribution < -0.4 is 0 Å². The molecule has 0 aromatic heterocycles. The summed E-state index contributed by atoms with van der Waals surface area (Å²) in [6.07, 6.45) is 0. The topological polar surface area (TPSA) is 17.1 Å². The van der Waals surface area contributed by atoms with Gasteiger partial charge < -0.3 is 0 Å². The third-order valence-corrected chi connectivity index (χ3v) is 2.36. The highest BCUT2D eigenvalue weighted by molar-refractivity contribution is 6.39. The summed E-state index contributed by atoms with van der Waals surface area (Å²) in [6, 6.07) is 4.68. The highest BCUT2D eigenvalue weighted by atomic mass is 35.5. The van der Waals surface area contributed by atoms with Crippen LogP contribution >= 0.6 is 23.2 Å². The van der Waals surface area contributed by atoms with Crippen LogP contribution in [0, 0.1) is 0 Å². The molecule has 76 valence electrons. The Hall–Kier alpha value is -0.600. The van der Waals surface area contributed by atoms with E-state index in [2.05, 4.69) is 0 Å². The number of hydrogen-bond donors (Lipinski definition) is 0. The zero-order valence-corrected chi connectivity index (χ0v) is 9.07. The maximum absolute atomic E-state index is 12.5. The van der Waals surface area contributed by atoms with Gasteiger partial charge in [-0.1, -0.05) is 23.7 Å². The van der Waals surface area contributed by atoms with Crippen LogP contribution in [0.2, 0.25) is 5.02 Å². The molecule has 4 heteroatoms. The third-order valence-electron chi connectivity index (χ3n) is 1.85. The second-order valence-electron chi connectivity index (χ2n) is 2.89. The van der Waals surface area contributed by atoms with E-state index >= 15 is 0 Å². The molecule has 0 aliphatic heterocycles. The zero-order valence-electron chi connectivity index (χ0n) is 7.56. The fourth-order valence-corrected chi connectivity index (χ4v) is 1.55. The Labute approximate surface area is 91.8 Å². The Kier molecular flexibility index (Phi) is 3.90. The minimum atomic E-state index is -0.717. The number of alkyl halides is 2. The summed E-state index contributed by atoms with van der Waals surface area (Å²) in [5.74, 6) is -0.343. The first-order chi connectivity index (χ1) is 6.57. The summed E-state index contributed by atoms with van der Waals surface area (Å²) in [4.78, 5) is 11.6. The van der Waals surface area contributed by atoms with Gasteiger partial charge in [-0.25, -0.2) is 4.39 Å². The Balaban J connectivity index is 3.23. The van der Waals surface area contributed by atoms with Crippen molar-refractivity contribution in [1.29, 1.82) is 0 Å². The van der Waals surface area contributed by atoms with Gasteiger partial charge in [0.05, 0.1) is 10.4 Å². The zero-order chi connectivity index (χ0) is 10.7. The average Bonchev–Trinajstić information content (AvgIpc) is 2.16. The van der Waals surface area contributed by atoms with Crippen LogP contribution in [-0.4, -0.2) is 11.2 Å². The van der Waals surface area contributed by atoms with Crippen LogP contribution in [0.4, 0.5) is 4.39 Å². The van der Waals surface area contributed by atoms with Crippen LogP contribution in [0.1, 0.15) is 22.8 Å². The number of benzene rings is 1. The van der Waals surface area contributed by atoms with E-state index in [1.807, 2.05) is 0 Å². The molecule has 1 atom stereocenters. The standard InChI is InChI=1S/C10H9Cl2FO/c1-6(11)10(14)9-7(5-13)3-2-4-8(9)12/h2-4,6H,5H2,1H3. The molecule has 0 saturated carbocycles. The van der Waals surface area contributed by atoms with Crippen molar-refractivity contribution in [1.82, 2.24) is 0 Å². The lowest BCUT2D eigenvalue weighted by molar-refractivity contribution is 0.0990. The van der Waals surface area contributed by atoms with Crippen molar-refractivity contribution >= 4 is 29.0 Å². The molecule has 1 unspecified atom stereocenters. The van der Waals surface area contributed by atoms with E-state index in [-0.39, 0.29) is 21.9 Å². The van der Waals surface area contributed by atoms with E-state index in [0.29, 0.717) is 0 Å². The van der Waals surface area contributed by atoms with Crippen molar-refractivity contribution in [2.24, 2.45) is 0 Å². The molecule has 0 saturated heterocycles. The average molecular weight is 235 g/mol. The van der Waals surface area contributed by atoms with Gasteiger partial charge in [0, 0.05) is 5.56 Å². The van der Waals surface area contributed by atoms with Crippen molar-refractivity contribution in [2.75, 3.05) is 0 Å². The Bertz CT molecular complexity index is 350. The summed E-state index contributed by atoms with van der Waals surface area (Å²) in [7, 11) is 0. The molecule has 1 aromatic carbocycles. The molecule has 0 fully saturated rings. The van der Waals surface area contributed by atoms with Gasteiger partial charge in [0.15, 0.2) is 5.78 Å². The Morgan fingerprint density at radius 3 is 2.71 bits per heavy atom. The molecule has 0 heterocycles. The normalized spacial score (nSPS) is 12.6. The molecule has 0 amide bonds. The van der Waals surface area contributed by atoms with Crippen molar-refractivity contribution in [2.45, 2.75) is 19.0 Å². The van der Waals surface area contributed by atoms with Crippen LogP contribution in [0.5, 0.6) is 0 Å². The van der Waals surface area contributed by atoms with Gasteiger partial charge in [-0.15, -0.1) is 11.6 Å². The summed E-state index contributed by atoms with van der Waals surface area (Å²) < 4.78 is 12.5. The fourth-order valence-electron chi connectivity index (χ4n) is 1.15. The molecular formula is C10H9Cl2FO. The van der Waals surface area contributed by atoms with Crippen LogP contribution in [0.15, 0.2) is 18.2 Å². The number of carbonyl (C=O) groups is 1. The maximum Gasteiger partial charge on any atom is 0.182 e. The lowest BCUT2D eigenvalue weighted by Gasteiger charge is -2.08. The first-order valence-corrected chi connectivity index (χ1v) is 4.91. The van der Waals surface area contributed by atoms with Gasteiger partial charge in [0.25, 0.3) is 0 Å². The van der Waals surface area contributed by atoms with E-state index in [1.54, 1.807) is 12.1 Å². The minimum absolute atomic E-state index is 0.194. The van der Waals surface area contributed by atoms with Crippen molar-refractivity contribution < 1.29 is 9.18 Å². The quantitative estimate of drug-likeness (QED) is 0.577.